The van der Waals surface area contributed by atoms with Gasteiger partial charge in [-0.3, -0.25) is 9.69 Å². The molecule has 2 aromatic heterocycles. The quantitative estimate of drug-likeness (QED) is 0.743. The fourth-order valence-electron chi connectivity index (χ4n) is 4.70. The van der Waals surface area contributed by atoms with Crippen LogP contribution in [-0.4, -0.2) is 27.5 Å². The van der Waals surface area contributed by atoms with Crippen molar-refractivity contribution in [2.45, 2.75) is 57.5 Å². The topological polar surface area (TPSA) is 49.0 Å². The van der Waals surface area contributed by atoms with Crippen LogP contribution in [0.2, 0.25) is 0 Å². The highest BCUT2D eigenvalue weighted by molar-refractivity contribution is 7.18. The molecule has 1 aromatic carbocycles. The standard InChI is InChI=1S/C22H25N3OS/c26-21-20-17-10-6-11-18(17)27-22(20)24-19(23-21)14-25-12-5-4-9-16(25)13-15-7-2-1-3-8-15/h1-3,7-8,16H,4-6,9-14H2,(H,23,24,26). The molecular weight excluding hydrogens is 354 g/mol. The number of aromatic amines is 1. The maximum Gasteiger partial charge on any atom is 0.259 e. The van der Waals surface area contributed by atoms with Gasteiger partial charge in [-0.1, -0.05) is 36.8 Å². The Morgan fingerprint density at radius 1 is 1.15 bits per heavy atom. The number of fused-ring (bicyclic) bond motifs is 3. The van der Waals surface area contributed by atoms with E-state index >= 15 is 0 Å². The zero-order valence-electron chi connectivity index (χ0n) is 15.5. The molecule has 27 heavy (non-hydrogen) atoms. The summed E-state index contributed by atoms with van der Waals surface area (Å²) < 4.78 is 0. The van der Waals surface area contributed by atoms with Gasteiger partial charge >= 0.3 is 0 Å². The Balaban J connectivity index is 1.40. The third kappa shape index (κ3) is 3.34. The van der Waals surface area contributed by atoms with Gasteiger partial charge in [0.15, 0.2) is 0 Å². The van der Waals surface area contributed by atoms with Crippen LogP contribution in [0, 0.1) is 0 Å². The van der Waals surface area contributed by atoms with Crippen molar-refractivity contribution in [2.24, 2.45) is 0 Å². The zero-order valence-corrected chi connectivity index (χ0v) is 16.4. The summed E-state index contributed by atoms with van der Waals surface area (Å²) in [5, 5.41) is 0.857. The van der Waals surface area contributed by atoms with Crippen molar-refractivity contribution in [1.82, 2.24) is 14.9 Å². The van der Waals surface area contributed by atoms with Gasteiger partial charge in [0.05, 0.1) is 11.9 Å². The van der Waals surface area contributed by atoms with Crippen molar-refractivity contribution in [3.05, 3.63) is 62.5 Å². The largest absolute Gasteiger partial charge is 0.309 e. The number of hydrogen-bond donors (Lipinski definition) is 1. The number of nitrogens with zero attached hydrogens (tertiary/aromatic N) is 2. The van der Waals surface area contributed by atoms with E-state index in [2.05, 4.69) is 40.2 Å². The number of rotatable bonds is 4. The van der Waals surface area contributed by atoms with Crippen LogP contribution in [0.1, 0.15) is 47.5 Å². The normalized spacial score (nSPS) is 20.2. The summed E-state index contributed by atoms with van der Waals surface area (Å²) in [6, 6.07) is 11.3. The summed E-state index contributed by atoms with van der Waals surface area (Å²) in [6.45, 7) is 1.82. The summed E-state index contributed by atoms with van der Waals surface area (Å²) in [6.07, 6.45) is 8.11. The molecule has 1 atom stereocenters. The zero-order chi connectivity index (χ0) is 18.2. The molecule has 5 heteroatoms. The van der Waals surface area contributed by atoms with E-state index in [0.717, 1.165) is 48.4 Å². The lowest BCUT2D eigenvalue weighted by molar-refractivity contribution is 0.136. The highest BCUT2D eigenvalue weighted by atomic mass is 32.1. The molecule has 1 aliphatic carbocycles. The molecule has 140 valence electrons. The number of piperidine rings is 1. The predicted molar refractivity (Wildman–Crippen MR) is 110 cm³/mol. The average Bonchev–Trinajstić information content (AvgIpc) is 3.25. The lowest BCUT2D eigenvalue weighted by Crippen LogP contribution is -2.41. The molecule has 2 aliphatic rings. The van der Waals surface area contributed by atoms with Crippen molar-refractivity contribution < 1.29 is 0 Å². The molecule has 0 bridgehead atoms. The first-order valence-corrected chi connectivity index (χ1v) is 10.9. The van der Waals surface area contributed by atoms with Gasteiger partial charge in [-0.2, -0.15) is 0 Å². The number of benzene rings is 1. The van der Waals surface area contributed by atoms with Gasteiger partial charge in [-0.25, -0.2) is 4.98 Å². The molecule has 1 N–H and O–H groups in total. The number of aromatic nitrogens is 2. The summed E-state index contributed by atoms with van der Waals surface area (Å²) >= 11 is 1.73. The minimum atomic E-state index is 0.0611. The number of H-pyrrole nitrogens is 1. The van der Waals surface area contributed by atoms with E-state index in [1.165, 1.54) is 41.7 Å². The second kappa shape index (κ2) is 7.21. The first-order chi connectivity index (χ1) is 13.3. The van der Waals surface area contributed by atoms with Gasteiger partial charge in [0.1, 0.15) is 10.7 Å². The highest BCUT2D eigenvalue weighted by Gasteiger charge is 2.25. The number of thiophene rings is 1. The van der Waals surface area contributed by atoms with Crippen LogP contribution in [0.3, 0.4) is 0 Å². The van der Waals surface area contributed by atoms with Crippen LogP contribution < -0.4 is 5.56 Å². The van der Waals surface area contributed by atoms with E-state index < -0.39 is 0 Å². The average molecular weight is 380 g/mol. The van der Waals surface area contributed by atoms with Crippen molar-refractivity contribution in [3.8, 4) is 0 Å². The molecule has 1 unspecified atom stereocenters. The fraction of sp³-hybridized carbons (Fsp3) is 0.455. The molecule has 1 aliphatic heterocycles. The number of aryl methyl sites for hydroxylation is 2. The molecule has 0 radical (unpaired) electrons. The first-order valence-electron chi connectivity index (χ1n) is 10.1. The molecule has 3 aromatic rings. The molecule has 1 fully saturated rings. The van der Waals surface area contributed by atoms with E-state index in [1.54, 1.807) is 11.3 Å². The SMILES string of the molecule is O=c1[nH]c(CN2CCCCC2Cc2ccccc2)nc2sc3c(c12)CCC3. The van der Waals surface area contributed by atoms with E-state index in [1.807, 2.05) is 0 Å². The molecular formula is C22H25N3OS. The third-order valence-corrected chi connectivity index (χ3v) is 7.23. The minimum Gasteiger partial charge on any atom is -0.309 e. The Morgan fingerprint density at radius 3 is 2.93 bits per heavy atom. The van der Waals surface area contributed by atoms with E-state index in [9.17, 15) is 4.79 Å². The van der Waals surface area contributed by atoms with Gasteiger partial charge in [-0.05, 0) is 56.2 Å². The highest BCUT2D eigenvalue weighted by Crippen LogP contribution is 2.34. The van der Waals surface area contributed by atoms with Crippen LogP contribution in [0.5, 0.6) is 0 Å². The van der Waals surface area contributed by atoms with Crippen molar-refractivity contribution >= 4 is 21.6 Å². The Morgan fingerprint density at radius 2 is 2.04 bits per heavy atom. The summed E-state index contributed by atoms with van der Waals surface area (Å²) in [5.74, 6) is 0.826. The molecule has 0 saturated carbocycles. The molecule has 5 rings (SSSR count). The third-order valence-electron chi connectivity index (χ3n) is 6.04. The Labute approximate surface area is 163 Å². The van der Waals surface area contributed by atoms with Crippen molar-refractivity contribution in [3.63, 3.8) is 0 Å². The second-order valence-corrected chi connectivity index (χ2v) is 8.94. The Kier molecular flexibility index (Phi) is 4.58. The summed E-state index contributed by atoms with van der Waals surface area (Å²) in [5.41, 5.74) is 2.71. The van der Waals surface area contributed by atoms with Gasteiger partial charge in [-0.15, -0.1) is 11.3 Å². The van der Waals surface area contributed by atoms with Crippen LogP contribution in [-0.2, 0) is 25.8 Å². The maximum atomic E-state index is 12.7. The van der Waals surface area contributed by atoms with Crippen molar-refractivity contribution in [2.75, 3.05) is 6.54 Å². The Hall–Kier alpha value is -1.98. The summed E-state index contributed by atoms with van der Waals surface area (Å²) in [7, 11) is 0. The lowest BCUT2D eigenvalue weighted by atomic mass is 9.95. The summed E-state index contributed by atoms with van der Waals surface area (Å²) in [4.78, 5) is 25.5. The van der Waals surface area contributed by atoms with Crippen LogP contribution in [0.4, 0.5) is 0 Å². The monoisotopic (exact) mass is 379 g/mol. The van der Waals surface area contributed by atoms with Gasteiger partial charge in [0, 0.05) is 10.9 Å². The maximum absolute atomic E-state index is 12.7. The van der Waals surface area contributed by atoms with Crippen molar-refractivity contribution in [1.29, 1.82) is 0 Å². The van der Waals surface area contributed by atoms with Crippen LogP contribution in [0.15, 0.2) is 35.1 Å². The van der Waals surface area contributed by atoms with E-state index in [0.29, 0.717) is 6.04 Å². The molecule has 3 heterocycles. The fourth-order valence-corrected chi connectivity index (χ4v) is 5.98. The lowest BCUT2D eigenvalue weighted by Gasteiger charge is -2.35. The van der Waals surface area contributed by atoms with E-state index in [4.69, 9.17) is 4.98 Å². The number of likely N-dealkylation sites (tertiary alicyclic amines) is 1. The molecule has 1 saturated heterocycles. The van der Waals surface area contributed by atoms with Gasteiger partial charge < -0.3 is 4.98 Å². The molecule has 4 nitrogen and oxygen atoms in total. The van der Waals surface area contributed by atoms with Gasteiger partial charge in [0.2, 0.25) is 0 Å². The number of hydrogen-bond acceptors (Lipinski definition) is 4. The minimum absolute atomic E-state index is 0.0611. The predicted octanol–water partition coefficient (Wildman–Crippen LogP) is 4.07. The Bertz CT molecular complexity index is 1010. The van der Waals surface area contributed by atoms with Gasteiger partial charge in [0.25, 0.3) is 5.56 Å². The molecule has 0 spiro atoms. The van der Waals surface area contributed by atoms with E-state index in [-0.39, 0.29) is 5.56 Å². The molecule has 0 amide bonds. The first kappa shape index (κ1) is 17.1. The second-order valence-electron chi connectivity index (χ2n) is 7.86. The smallest absolute Gasteiger partial charge is 0.259 e. The van der Waals surface area contributed by atoms with Crippen LogP contribution in [0.25, 0.3) is 10.2 Å². The van der Waals surface area contributed by atoms with Crippen LogP contribution >= 0.6 is 11.3 Å². The number of nitrogens with one attached hydrogen (secondary N) is 1.